The zero-order valence-electron chi connectivity index (χ0n) is 13.0. The molecule has 0 aliphatic rings. The van der Waals surface area contributed by atoms with E-state index in [0.29, 0.717) is 27.6 Å². The number of H-pyrrole nitrogens is 1. The zero-order valence-corrected chi connectivity index (χ0v) is 13.8. The molecule has 0 atom stereocenters. The van der Waals surface area contributed by atoms with Crippen molar-refractivity contribution in [3.8, 4) is 11.4 Å². The molecule has 0 unspecified atom stereocenters. The number of nitrogens with zero attached hydrogens (tertiary/aromatic N) is 3. The lowest BCUT2D eigenvalue weighted by Gasteiger charge is -2.14. The molecule has 3 aromatic rings. The summed E-state index contributed by atoms with van der Waals surface area (Å²) < 4.78 is 20.6. The van der Waals surface area contributed by atoms with E-state index >= 15 is 0 Å². The summed E-state index contributed by atoms with van der Waals surface area (Å²) in [6, 6.07) is 8.09. The summed E-state index contributed by atoms with van der Waals surface area (Å²) in [7, 11) is 0. The molecule has 8 heteroatoms. The monoisotopic (exact) mass is 348 g/mol. The van der Waals surface area contributed by atoms with Crippen molar-refractivity contribution in [3.05, 3.63) is 68.3 Å². The van der Waals surface area contributed by atoms with Crippen LogP contribution >= 0.6 is 11.6 Å². The molecule has 0 saturated heterocycles. The molecule has 2 aromatic carbocycles. The molecule has 0 bridgehead atoms. The van der Waals surface area contributed by atoms with Gasteiger partial charge in [-0.3, -0.25) is 0 Å². The molecule has 3 rings (SSSR count). The fourth-order valence-corrected chi connectivity index (χ4v) is 2.58. The van der Waals surface area contributed by atoms with Gasteiger partial charge in [-0.05, 0) is 53.6 Å². The highest BCUT2D eigenvalue weighted by Crippen LogP contribution is 2.27. The Morgan fingerprint density at radius 1 is 1.29 bits per heavy atom. The van der Waals surface area contributed by atoms with Gasteiger partial charge in [-0.15, -0.1) is 0 Å². The van der Waals surface area contributed by atoms with Crippen LogP contribution < -0.4 is 10.4 Å². The van der Waals surface area contributed by atoms with Gasteiger partial charge in [0.1, 0.15) is 18.2 Å². The summed E-state index contributed by atoms with van der Waals surface area (Å²) in [6.45, 7) is 3.57. The Balaban J connectivity index is 1.95. The van der Waals surface area contributed by atoms with Crippen LogP contribution in [0.4, 0.5) is 4.39 Å². The molecular weight excluding hydrogens is 335 g/mol. The number of aromatic amines is 1. The predicted octanol–water partition coefficient (Wildman–Crippen LogP) is 2.94. The van der Waals surface area contributed by atoms with E-state index in [4.69, 9.17) is 16.3 Å². The molecule has 0 aliphatic carbocycles. The number of hydrogen-bond acceptors (Lipinski definition) is 4. The van der Waals surface area contributed by atoms with Crippen molar-refractivity contribution >= 4 is 11.6 Å². The maximum absolute atomic E-state index is 13.7. The largest absolute Gasteiger partial charge is 0.488 e. The van der Waals surface area contributed by atoms with Crippen molar-refractivity contribution in [2.45, 2.75) is 20.5 Å². The molecule has 124 valence electrons. The number of halogens is 2. The van der Waals surface area contributed by atoms with Gasteiger partial charge < -0.3 is 4.74 Å². The van der Waals surface area contributed by atoms with Gasteiger partial charge in [0.05, 0.1) is 5.69 Å². The van der Waals surface area contributed by atoms with Gasteiger partial charge in [0, 0.05) is 16.7 Å². The van der Waals surface area contributed by atoms with Crippen molar-refractivity contribution in [3.63, 3.8) is 0 Å². The van der Waals surface area contributed by atoms with E-state index in [0.717, 1.165) is 10.2 Å². The van der Waals surface area contributed by atoms with Crippen molar-refractivity contribution in [2.75, 3.05) is 0 Å². The van der Waals surface area contributed by atoms with Gasteiger partial charge in [0.25, 0.3) is 0 Å². The first kappa shape index (κ1) is 16.2. The second kappa shape index (κ2) is 6.45. The number of hydrogen-bond donors (Lipinski definition) is 1. The highest BCUT2D eigenvalue weighted by molar-refractivity contribution is 6.31. The van der Waals surface area contributed by atoms with E-state index < -0.39 is 5.69 Å². The second-order valence-electron chi connectivity index (χ2n) is 5.31. The van der Waals surface area contributed by atoms with Gasteiger partial charge in [-0.25, -0.2) is 14.3 Å². The summed E-state index contributed by atoms with van der Waals surface area (Å²) in [5, 5.41) is 9.81. The van der Waals surface area contributed by atoms with Crippen LogP contribution in [-0.2, 0) is 6.61 Å². The van der Waals surface area contributed by atoms with Crippen LogP contribution in [0.1, 0.15) is 16.7 Å². The third-order valence-corrected chi connectivity index (χ3v) is 3.98. The molecular formula is C16H14ClFN4O2. The van der Waals surface area contributed by atoms with Crippen LogP contribution in [0.25, 0.3) is 5.69 Å². The van der Waals surface area contributed by atoms with Gasteiger partial charge in [-0.1, -0.05) is 17.7 Å². The lowest BCUT2D eigenvalue weighted by molar-refractivity contribution is 0.301. The smallest absolute Gasteiger partial charge is 0.365 e. The first-order chi connectivity index (χ1) is 11.5. The first-order valence-corrected chi connectivity index (χ1v) is 7.53. The number of aromatic nitrogens is 4. The number of aryl methyl sites for hydroxylation is 2. The fourth-order valence-electron chi connectivity index (χ4n) is 2.36. The van der Waals surface area contributed by atoms with E-state index in [1.807, 2.05) is 6.92 Å². The number of tetrazole rings is 1. The SMILES string of the molecule is Cc1cc(C)c(OCc2c(Cl)cccc2-n2nn[nH]c2=O)cc1F. The topological polar surface area (TPSA) is 72.8 Å². The van der Waals surface area contributed by atoms with E-state index in [1.165, 1.54) is 6.07 Å². The molecule has 0 aliphatic heterocycles. The molecule has 0 radical (unpaired) electrons. The van der Waals surface area contributed by atoms with Crippen molar-refractivity contribution < 1.29 is 9.13 Å². The van der Waals surface area contributed by atoms with Gasteiger partial charge in [0.2, 0.25) is 0 Å². The maximum atomic E-state index is 13.7. The lowest BCUT2D eigenvalue weighted by atomic mass is 10.1. The zero-order chi connectivity index (χ0) is 17.3. The Hall–Kier alpha value is -2.67. The van der Waals surface area contributed by atoms with E-state index in [-0.39, 0.29) is 12.4 Å². The highest BCUT2D eigenvalue weighted by Gasteiger charge is 2.14. The molecule has 0 spiro atoms. The molecule has 24 heavy (non-hydrogen) atoms. The molecule has 0 saturated carbocycles. The average molecular weight is 349 g/mol. The van der Waals surface area contributed by atoms with E-state index in [2.05, 4.69) is 15.5 Å². The van der Waals surface area contributed by atoms with Crippen LogP contribution in [0.3, 0.4) is 0 Å². The third kappa shape index (κ3) is 3.03. The summed E-state index contributed by atoms with van der Waals surface area (Å²) in [5.41, 5.74) is 1.87. The van der Waals surface area contributed by atoms with Crippen LogP contribution in [0.2, 0.25) is 5.02 Å². The Morgan fingerprint density at radius 2 is 2.08 bits per heavy atom. The van der Waals surface area contributed by atoms with Crippen molar-refractivity contribution in [1.82, 2.24) is 20.2 Å². The quantitative estimate of drug-likeness (QED) is 0.786. The van der Waals surface area contributed by atoms with E-state index in [1.54, 1.807) is 31.2 Å². The normalized spacial score (nSPS) is 10.8. The maximum Gasteiger partial charge on any atom is 0.365 e. The molecule has 6 nitrogen and oxygen atoms in total. The lowest BCUT2D eigenvalue weighted by Crippen LogP contribution is -2.18. The minimum Gasteiger partial charge on any atom is -0.488 e. The van der Waals surface area contributed by atoms with Gasteiger partial charge >= 0.3 is 5.69 Å². The minimum atomic E-state index is -0.490. The number of ether oxygens (including phenoxy) is 1. The Labute approximate surface area is 141 Å². The Morgan fingerprint density at radius 3 is 2.79 bits per heavy atom. The Bertz CT molecular complexity index is 951. The second-order valence-corrected chi connectivity index (χ2v) is 5.72. The number of benzene rings is 2. The minimum absolute atomic E-state index is 0.0532. The predicted molar refractivity (Wildman–Crippen MR) is 87.2 cm³/mol. The number of nitrogens with one attached hydrogen (secondary N) is 1. The van der Waals surface area contributed by atoms with Gasteiger partial charge in [-0.2, -0.15) is 4.68 Å². The number of rotatable bonds is 4. The molecule has 0 fully saturated rings. The summed E-state index contributed by atoms with van der Waals surface area (Å²) >= 11 is 6.23. The Kier molecular flexibility index (Phi) is 4.35. The molecule has 0 amide bonds. The summed E-state index contributed by atoms with van der Waals surface area (Å²) in [5.74, 6) is 0.0687. The van der Waals surface area contributed by atoms with Gasteiger partial charge in [0.15, 0.2) is 0 Å². The first-order valence-electron chi connectivity index (χ1n) is 7.15. The molecule has 1 N–H and O–H groups in total. The fraction of sp³-hybridized carbons (Fsp3) is 0.188. The third-order valence-electron chi connectivity index (χ3n) is 3.62. The average Bonchev–Trinajstić information content (AvgIpc) is 2.96. The molecule has 1 aromatic heterocycles. The van der Waals surface area contributed by atoms with Crippen molar-refractivity contribution in [1.29, 1.82) is 0 Å². The van der Waals surface area contributed by atoms with Crippen LogP contribution in [0.5, 0.6) is 5.75 Å². The van der Waals surface area contributed by atoms with E-state index in [9.17, 15) is 9.18 Å². The summed E-state index contributed by atoms with van der Waals surface area (Å²) in [6.07, 6.45) is 0. The van der Waals surface area contributed by atoms with Crippen LogP contribution in [0.15, 0.2) is 35.1 Å². The molecule has 1 heterocycles. The van der Waals surface area contributed by atoms with Crippen LogP contribution in [0, 0.1) is 19.7 Å². The van der Waals surface area contributed by atoms with Crippen LogP contribution in [-0.4, -0.2) is 20.2 Å². The summed E-state index contributed by atoms with van der Waals surface area (Å²) in [4.78, 5) is 11.7. The van der Waals surface area contributed by atoms with Crippen molar-refractivity contribution in [2.24, 2.45) is 0 Å². The highest BCUT2D eigenvalue weighted by atomic mass is 35.5. The standard InChI is InChI=1S/C16H14ClFN4O2/c1-9-6-10(2)15(7-13(9)18)24-8-11-12(17)4-3-5-14(11)22-16(23)19-20-21-22/h3-7H,8H2,1-2H3,(H,19,21,23).